The van der Waals surface area contributed by atoms with Gasteiger partial charge in [0.2, 0.25) is 0 Å². The van der Waals surface area contributed by atoms with Crippen LogP contribution in [0.2, 0.25) is 0 Å². The fourth-order valence-corrected chi connectivity index (χ4v) is 2.19. The van der Waals surface area contributed by atoms with Crippen molar-refractivity contribution in [3.8, 4) is 0 Å². The molecule has 0 amide bonds. The van der Waals surface area contributed by atoms with Crippen LogP contribution in [0.3, 0.4) is 0 Å². The van der Waals surface area contributed by atoms with Crippen molar-refractivity contribution in [2.75, 3.05) is 6.54 Å². The number of aliphatic hydroxyl groups is 1. The minimum Gasteiger partial charge on any atom is -0.379 e. The molecule has 0 saturated carbocycles. The van der Waals surface area contributed by atoms with Gasteiger partial charge in [0, 0.05) is 12.1 Å². The molecule has 0 aliphatic carbocycles. The molecule has 0 spiro atoms. The van der Waals surface area contributed by atoms with Crippen LogP contribution in [0.15, 0.2) is 60.7 Å². The lowest BCUT2D eigenvalue weighted by Gasteiger charge is -2.33. The van der Waals surface area contributed by atoms with Crippen molar-refractivity contribution in [2.24, 2.45) is 0 Å². The number of hydrogen-bond donors (Lipinski definition) is 2. The average molecular weight is 269 g/mol. The van der Waals surface area contributed by atoms with E-state index in [2.05, 4.69) is 26.1 Å². The molecule has 0 aromatic heterocycles. The Morgan fingerprint density at radius 3 is 1.55 bits per heavy atom. The van der Waals surface area contributed by atoms with Crippen LogP contribution >= 0.6 is 0 Å². The Balaban J connectivity index is 2.39. The predicted octanol–water partition coefficient (Wildman–Crippen LogP) is 3.31. The highest BCUT2D eigenvalue weighted by Crippen LogP contribution is 2.29. The van der Waals surface area contributed by atoms with Gasteiger partial charge in [-0.05, 0) is 31.9 Å². The molecule has 0 bridgehead atoms. The second kappa shape index (κ2) is 5.78. The summed E-state index contributed by atoms with van der Waals surface area (Å²) in [4.78, 5) is 0. The van der Waals surface area contributed by atoms with Gasteiger partial charge in [0.05, 0.1) is 0 Å². The number of nitrogens with one attached hydrogen (secondary N) is 1. The molecule has 20 heavy (non-hydrogen) atoms. The van der Waals surface area contributed by atoms with Crippen molar-refractivity contribution in [3.05, 3.63) is 71.8 Å². The SMILES string of the molecule is CC(C)(C)NCC(O)(c1ccccc1)c1ccccc1. The van der Waals surface area contributed by atoms with Gasteiger partial charge in [-0.2, -0.15) is 0 Å². The zero-order valence-corrected chi connectivity index (χ0v) is 12.4. The molecule has 0 aliphatic rings. The van der Waals surface area contributed by atoms with Crippen molar-refractivity contribution in [1.29, 1.82) is 0 Å². The standard InChI is InChI=1S/C18H23NO/c1-17(2,3)19-14-18(20,15-10-6-4-7-11-15)16-12-8-5-9-13-16/h4-13,19-20H,14H2,1-3H3. The van der Waals surface area contributed by atoms with Gasteiger partial charge in [-0.15, -0.1) is 0 Å². The zero-order chi connectivity index (χ0) is 14.6. The van der Waals surface area contributed by atoms with Crippen LogP contribution < -0.4 is 5.32 Å². The van der Waals surface area contributed by atoms with E-state index in [4.69, 9.17) is 0 Å². The third-order valence-corrected chi connectivity index (χ3v) is 3.38. The largest absolute Gasteiger partial charge is 0.379 e. The van der Waals surface area contributed by atoms with Crippen LogP contribution in [-0.4, -0.2) is 17.2 Å². The second-order valence-corrected chi connectivity index (χ2v) is 6.20. The molecule has 0 radical (unpaired) electrons. The first-order chi connectivity index (χ1) is 9.42. The summed E-state index contributed by atoms with van der Waals surface area (Å²) >= 11 is 0. The van der Waals surface area contributed by atoms with Gasteiger partial charge in [-0.3, -0.25) is 0 Å². The number of rotatable bonds is 4. The smallest absolute Gasteiger partial charge is 0.127 e. The molecule has 0 atom stereocenters. The summed E-state index contributed by atoms with van der Waals surface area (Å²) in [5, 5.41) is 14.7. The molecule has 2 rings (SSSR count). The Morgan fingerprint density at radius 2 is 1.20 bits per heavy atom. The van der Waals surface area contributed by atoms with Gasteiger partial charge >= 0.3 is 0 Å². The normalized spacial score (nSPS) is 12.4. The number of β-amino-alcohol motifs (C(OH)–C–C–N with tert-alkyl or cyclic N) is 1. The van der Waals surface area contributed by atoms with Gasteiger partial charge in [0.15, 0.2) is 0 Å². The van der Waals surface area contributed by atoms with E-state index in [0.29, 0.717) is 6.54 Å². The Kier molecular flexibility index (Phi) is 4.26. The highest BCUT2D eigenvalue weighted by molar-refractivity contribution is 5.36. The lowest BCUT2D eigenvalue weighted by molar-refractivity contribution is 0.0724. The Morgan fingerprint density at radius 1 is 0.800 bits per heavy atom. The Labute approximate surface area is 121 Å². The van der Waals surface area contributed by atoms with Crippen LogP contribution in [0, 0.1) is 0 Å². The van der Waals surface area contributed by atoms with E-state index in [1.54, 1.807) is 0 Å². The Hall–Kier alpha value is -1.64. The van der Waals surface area contributed by atoms with Crippen LogP contribution in [0.25, 0.3) is 0 Å². The van der Waals surface area contributed by atoms with E-state index >= 15 is 0 Å². The molecule has 2 heteroatoms. The monoisotopic (exact) mass is 269 g/mol. The summed E-state index contributed by atoms with van der Waals surface area (Å²) in [5.74, 6) is 0. The fraction of sp³-hybridized carbons (Fsp3) is 0.333. The van der Waals surface area contributed by atoms with E-state index < -0.39 is 5.60 Å². The van der Waals surface area contributed by atoms with E-state index in [1.165, 1.54) is 0 Å². The maximum atomic E-state index is 11.3. The van der Waals surface area contributed by atoms with Crippen molar-refractivity contribution in [1.82, 2.24) is 5.32 Å². The summed E-state index contributed by atoms with van der Waals surface area (Å²) < 4.78 is 0. The lowest BCUT2D eigenvalue weighted by atomic mass is 9.85. The van der Waals surface area contributed by atoms with Gasteiger partial charge in [0.1, 0.15) is 5.60 Å². The molecule has 2 aromatic rings. The maximum absolute atomic E-state index is 11.3. The van der Waals surface area contributed by atoms with Gasteiger partial charge in [-0.25, -0.2) is 0 Å². The van der Waals surface area contributed by atoms with E-state index in [0.717, 1.165) is 11.1 Å². The third-order valence-electron chi connectivity index (χ3n) is 3.38. The average Bonchev–Trinajstić information content (AvgIpc) is 2.46. The van der Waals surface area contributed by atoms with Gasteiger partial charge < -0.3 is 10.4 Å². The summed E-state index contributed by atoms with van der Waals surface area (Å²) in [6.45, 7) is 6.78. The highest BCUT2D eigenvalue weighted by Gasteiger charge is 2.32. The number of hydrogen-bond acceptors (Lipinski definition) is 2. The molecule has 106 valence electrons. The van der Waals surface area contributed by atoms with Crippen molar-refractivity contribution < 1.29 is 5.11 Å². The molecule has 0 unspecified atom stereocenters. The fourth-order valence-electron chi connectivity index (χ4n) is 2.19. The van der Waals surface area contributed by atoms with Crippen LogP contribution in [-0.2, 0) is 5.60 Å². The van der Waals surface area contributed by atoms with E-state index in [-0.39, 0.29) is 5.54 Å². The van der Waals surface area contributed by atoms with Crippen LogP contribution in [0.1, 0.15) is 31.9 Å². The maximum Gasteiger partial charge on any atom is 0.127 e. The number of benzene rings is 2. The molecule has 2 aromatic carbocycles. The van der Waals surface area contributed by atoms with Crippen LogP contribution in [0.4, 0.5) is 0 Å². The summed E-state index contributed by atoms with van der Waals surface area (Å²) in [5.41, 5.74) is 0.749. The topological polar surface area (TPSA) is 32.3 Å². The van der Waals surface area contributed by atoms with E-state index in [9.17, 15) is 5.11 Å². The first-order valence-corrected chi connectivity index (χ1v) is 7.00. The molecule has 0 heterocycles. The molecular formula is C18H23NO. The zero-order valence-electron chi connectivity index (χ0n) is 12.4. The van der Waals surface area contributed by atoms with Crippen molar-refractivity contribution >= 4 is 0 Å². The third kappa shape index (κ3) is 3.47. The molecule has 0 aliphatic heterocycles. The van der Waals surface area contributed by atoms with Gasteiger partial charge in [0.25, 0.3) is 0 Å². The first-order valence-electron chi connectivity index (χ1n) is 7.00. The van der Waals surface area contributed by atoms with Crippen LogP contribution in [0.5, 0.6) is 0 Å². The second-order valence-electron chi connectivity index (χ2n) is 6.20. The van der Waals surface area contributed by atoms with Crippen molar-refractivity contribution in [3.63, 3.8) is 0 Å². The molecule has 2 N–H and O–H groups in total. The van der Waals surface area contributed by atoms with Gasteiger partial charge in [-0.1, -0.05) is 60.7 Å². The summed E-state index contributed by atoms with van der Waals surface area (Å²) in [6.07, 6.45) is 0. The quantitative estimate of drug-likeness (QED) is 0.892. The first kappa shape index (κ1) is 14.8. The molecule has 0 saturated heterocycles. The van der Waals surface area contributed by atoms with E-state index in [1.807, 2.05) is 60.7 Å². The molecular weight excluding hydrogens is 246 g/mol. The minimum atomic E-state index is -1.02. The minimum absolute atomic E-state index is 0.0441. The lowest BCUT2D eigenvalue weighted by Crippen LogP contribution is -2.46. The summed E-state index contributed by atoms with van der Waals surface area (Å²) in [7, 11) is 0. The highest BCUT2D eigenvalue weighted by atomic mass is 16.3. The molecule has 2 nitrogen and oxygen atoms in total. The Bertz CT molecular complexity index is 489. The predicted molar refractivity (Wildman–Crippen MR) is 83.6 cm³/mol. The van der Waals surface area contributed by atoms with Crippen molar-refractivity contribution in [2.45, 2.75) is 31.9 Å². The summed E-state index contributed by atoms with van der Waals surface area (Å²) in [6, 6.07) is 19.6. The molecule has 0 fully saturated rings.